The molecular weight excluding hydrogens is 360 g/mol. The minimum Gasteiger partial charge on any atom is -0.378 e. The zero-order valence-electron chi connectivity index (χ0n) is 15.4. The standard InChI is InChI=1S/C19H24N6OS/c20-13-17-21-18(24-8-10-26-11-9-24)23-19(22-17)25(14-16-7-4-12-27-16)15-5-2-1-3-6-15/h4,7,12,15H,1-3,5-6,8-11,14H2. The summed E-state index contributed by atoms with van der Waals surface area (Å²) in [5.41, 5.74) is 0. The van der Waals surface area contributed by atoms with Crippen molar-refractivity contribution in [3.8, 4) is 6.07 Å². The summed E-state index contributed by atoms with van der Waals surface area (Å²) in [4.78, 5) is 19.3. The van der Waals surface area contributed by atoms with Crippen molar-refractivity contribution in [3.05, 3.63) is 28.2 Å². The van der Waals surface area contributed by atoms with Crippen LogP contribution in [0.2, 0.25) is 0 Å². The predicted molar refractivity (Wildman–Crippen MR) is 105 cm³/mol. The SMILES string of the molecule is N#Cc1nc(N2CCOCC2)nc(N(Cc2cccs2)C2CCCCC2)n1. The molecule has 1 saturated heterocycles. The molecule has 0 spiro atoms. The van der Waals surface area contributed by atoms with Gasteiger partial charge in [0.05, 0.1) is 19.8 Å². The van der Waals surface area contributed by atoms with Gasteiger partial charge in [-0.05, 0) is 24.3 Å². The number of nitriles is 1. The molecule has 0 unspecified atom stereocenters. The molecule has 0 bridgehead atoms. The van der Waals surface area contributed by atoms with Crippen LogP contribution in [0.1, 0.15) is 42.8 Å². The molecule has 27 heavy (non-hydrogen) atoms. The number of rotatable bonds is 5. The van der Waals surface area contributed by atoms with E-state index in [1.807, 2.05) is 0 Å². The Kier molecular flexibility index (Phi) is 5.80. The van der Waals surface area contributed by atoms with Gasteiger partial charge in [0, 0.05) is 24.0 Å². The maximum absolute atomic E-state index is 9.47. The quantitative estimate of drug-likeness (QED) is 0.784. The van der Waals surface area contributed by atoms with Crippen LogP contribution in [-0.2, 0) is 11.3 Å². The van der Waals surface area contributed by atoms with Gasteiger partial charge in [-0.15, -0.1) is 11.3 Å². The molecule has 2 aromatic rings. The van der Waals surface area contributed by atoms with Crippen LogP contribution < -0.4 is 9.80 Å². The molecule has 4 rings (SSSR count). The summed E-state index contributed by atoms with van der Waals surface area (Å²) in [5, 5.41) is 11.6. The molecule has 0 aromatic carbocycles. The van der Waals surface area contributed by atoms with Crippen LogP contribution in [0.3, 0.4) is 0 Å². The number of ether oxygens (including phenoxy) is 1. The summed E-state index contributed by atoms with van der Waals surface area (Å²) >= 11 is 1.75. The molecule has 7 nitrogen and oxygen atoms in total. The first kappa shape index (κ1) is 18.1. The number of hydrogen-bond acceptors (Lipinski definition) is 8. The Labute approximate surface area is 163 Å². The number of thiophene rings is 1. The van der Waals surface area contributed by atoms with Crippen molar-refractivity contribution >= 4 is 23.2 Å². The van der Waals surface area contributed by atoms with E-state index in [-0.39, 0.29) is 5.82 Å². The van der Waals surface area contributed by atoms with Crippen molar-refractivity contribution in [3.63, 3.8) is 0 Å². The van der Waals surface area contributed by atoms with E-state index in [1.165, 1.54) is 24.1 Å². The molecule has 1 saturated carbocycles. The first-order valence-corrected chi connectivity index (χ1v) is 10.5. The van der Waals surface area contributed by atoms with E-state index in [0.717, 1.165) is 32.5 Å². The average Bonchev–Trinajstić information content (AvgIpc) is 3.26. The monoisotopic (exact) mass is 384 g/mol. The van der Waals surface area contributed by atoms with Crippen molar-refractivity contribution < 1.29 is 4.74 Å². The molecule has 0 N–H and O–H groups in total. The Morgan fingerprint density at radius 3 is 2.70 bits per heavy atom. The number of aromatic nitrogens is 3. The lowest BCUT2D eigenvalue weighted by Gasteiger charge is -2.35. The fourth-order valence-corrected chi connectivity index (χ4v) is 4.47. The van der Waals surface area contributed by atoms with Gasteiger partial charge >= 0.3 is 0 Å². The van der Waals surface area contributed by atoms with E-state index >= 15 is 0 Å². The lowest BCUT2D eigenvalue weighted by Crippen LogP contribution is -2.40. The number of hydrogen-bond donors (Lipinski definition) is 0. The lowest BCUT2D eigenvalue weighted by atomic mass is 9.94. The highest BCUT2D eigenvalue weighted by atomic mass is 32.1. The molecular formula is C19H24N6OS. The van der Waals surface area contributed by atoms with Crippen molar-refractivity contribution in [2.24, 2.45) is 0 Å². The molecule has 0 radical (unpaired) electrons. The first-order valence-electron chi connectivity index (χ1n) is 9.61. The van der Waals surface area contributed by atoms with Crippen molar-refractivity contribution in [1.82, 2.24) is 15.0 Å². The molecule has 2 aliphatic rings. The number of anilines is 2. The minimum atomic E-state index is 0.188. The Balaban J connectivity index is 1.67. The number of morpholine rings is 1. The highest BCUT2D eigenvalue weighted by Gasteiger charge is 2.26. The summed E-state index contributed by atoms with van der Waals surface area (Å²) in [5.74, 6) is 1.41. The number of nitrogens with zero attached hydrogens (tertiary/aromatic N) is 6. The van der Waals surface area contributed by atoms with Crippen molar-refractivity contribution in [2.45, 2.75) is 44.7 Å². The van der Waals surface area contributed by atoms with Crippen molar-refractivity contribution in [2.75, 3.05) is 36.1 Å². The average molecular weight is 385 g/mol. The van der Waals surface area contributed by atoms with Gasteiger partial charge in [-0.25, -0.2) is 0 Å². The normalized spacial score (nSPS) is 18.3. The van der Waals surface area contributed by atoms with Crippen LogP contribution in [0.15, 0.2) is 17.5 Å². The van der Waals surface area contributed by atoms with E-state index in [4.69, 9.17) is 9.72 Å². The van der Waals surface area contributed by atoms with E-state index in [1.54, 1.807) is 11.3 Å². The van der Waals surface area contributed by atoms with Crippen LogP contribution in [0.4, 0.5) is 11.9 Å². The molecule has 2 aromatic heterocycles. The highest BCUT2D eigenvalue weighted by Crippen LogP contribution is 2.29. The zero-order chi connectivity index (χ0) is 18.5. The van der Waals surface area contributed by atoms with E-state index in [0.29, 0.717) is 31.2 Å². The van der Waals surface area contributed by atoms with Crippen LogP contribution in [0, 0.1) is 11.3 Å². The third-order valence-corrected chi connectivity index (χ3v) is 6.05. The van der Waals surface area contributed by atoms with Gasteiger partial charge in [-0.3, -0.25) is 0 Å². The molecule has 2 fully saturated rings. The van der Waals surface area contributed by atoms with Gasteiger partial charge in [-0.2, -0.15) is 20.2 Å². The molecule has 142 valence electrons. The van der Waals surface area contributed by atoms with Gasteiger partial charge in [0.25, 0.3) is 0 Å². The van der Waals surface area contributed by atoms with Crippen molar-refractivity contribution in [1.29, 1.82) is 5.26 Å². The van der Waals surface area contributed by atoms with Gasteiger partial charge < -0.3 is 14.5 Å². The Hall–Kier alpha value is -2.24. The third kappa shape index (κ3) is 4.37. The summed E-state index contributed by atoms with van der Waals surface area (Å²) in [6, 6.07) is 6.75. The van der Waals surface area contributed by atoms with Gasteiger partial charge in [0.1, 0.15) is 6.07 Å². The van der Waals surface area contributed by atoms with E-state index in [9.17, 15) is 5.26 Å². The Morgan fingerprint density at radius 1 is 1.19 bits per heavy atom. The van der Waals surface area contributed by atoms with Gasteiger partial charge in [-0.1, -0.05) is 25.3 Å². The second-order valence-corrected chi connectivity index (χ2v) is 8.00. The predicted octanol–water partition coefficient (Wildman–Crippen LogP) is 2.98. The molecule has 1 aliphatic carbocycles. The molecule has 0 atom stereocenters. The highest BCUT2D eigenvalue weighted by molar-refractivity contribution is 7.09. The second kappa shape index (κ2) is 8.63. The van der Waals surface area contributed by atoms with Gasteiger partial charge in [0.15, 0.2) is 0 Å². The van der Waals surface area contributed by atoms with Crippen LogP contribution >= 0.6 is 11.3 Å². The fraction of sp³-hybridized carbons (Fsp3) is 0.579. The minimum absolute atomic E-state index is 0.188. The van der Waals surface area contributed by atoms with Crippen LogP contribution in [0.5, 0.6) is 0 Å². The summed E-state index contributed by atoms with van der Waals surface area (Å²) < 4.78 is 5.43. The molecule has 1 aliphatic heterocycles. The second-order valence-electron chi connectivity index (χ2n) is 6.97. The Bertz CT molecular complexity index is 778. The largest absolute Gasteiger partial charge is 0.378 e. The fourth-order valence-electron chi connectivity index (χ4n) is 3.76. The topological polar surface area (TPSA) is 78.2 Å². The zero-order valence-corrected chi connectivity index (χ0v) is 16.2. The summed E-state index contributed by atoms with van der Waals surface area (Å²) in [6.45, 7) is 3.57. The summed E-state index contributed by atoms with van der Waals surface area (Å²) in [6.07, 6.45) is 6.05. The Morgan fingerprint density at radius 2 is 2.00 bits per heavy atom. The van der Waals surface area contributed by atoms with E-state index < -0.39 is 0 Å². The molecule has 3 heterocycles. The van der Waals surface area contributed by atoms with Crippen LogP contribution in [-0.4, -0.2) is 47.3 Å². The maximum Gasteiger partial charge on any atom is 0.238 e. The maximum atomic E-state index is 9.47. The smallest absolute Gasteiger partial charge is 0.238 e. The molecule has 0 amide bonds. The lowest BCUT2D eigenvalue weighted by molar-refractivity contribution is 0.122. The van der Waals surface area contributed by atoms with Gasteiger partial charge in [0.2, 0.25) is 17.7 Å². The first-order chi connectivity index (χ1) is 13.3. The van der Waals surface area contributed by atoms with E-state index in [2.05, 4.69) is 43.3 Å². The summed E-state index contributed by atoms with van der Waals surface area (Å²) in [7, 11) is 0. The third-order valence-electron chi connectivity index (χ3n) is 5.18. The molecule has 8 heteroatoms. The van der Waals surface area contributed by atoms with Crippen LogP contribution in [0.25, 0.3) is 0 Å².